The van der Waals surface area contributed by atoms with Gasteiger partial charge in [0.2, 0.25) is 5.91 Å². The molecule has 106 valence electrons. The second kappa shape index (κ2) is 6.81. The Kier molecular flexibility index (Phi) is 4.84. The standard InChI is InChI=1S/C14H16N2O4/c17-13(18)4-3-10-5-6-15-12(8-10)16-14(19)11-2-1-7-20-9-11/h3-6,8,11H,1-2,7,9H2,(H,17,18)(H,15,16,19)/b4-3+. The number of carbonyl (C=O) groups excluding carboxylic acids is 1. The van der Waals surface area contributed by atoms with E-state index in [1.165, 1.54) is 12.3 Å². The number of aliphatic carboxylic acids is 1. The summed E-state index contributed by atoms with van der Waals surface area (Å²) in [7, 11) is 0. The van der Waals surface area contributed by atoms with E-state index >= 15 is 0 Å². The second-order valence-electron chi connectivity index (χ2n) is 4.55. The van der Waals surface area contributed by atoms with Crippen molar-refractivity contribution >= 4 is 23.8 Å². The largest absolute Gasteiger partial charge is 0.478 e. The van der Waals surface area contributed by atoms with Gasteiger partial charge in [0.05, 0.1) is 12.5 Å². The minimum absolute atomic E-state index is 0.114. The zero-order chi connectivity index (χ0) is 14.4. The van der Waals surface area contributed by atoms with E-state index in [1.54, 1.807) is 12.1 Å². The molecular weight excluding hydrogens is 260 g/mol. The van der Waals surface area contributed by atoms with Crippen molar-refractivity contribution in [2.75, 3.05) is 18.5 Å². The molecule has 0 bridgehead atoms. The molecule has 0 saturated carbocycles. The normalized spacial score (nSPS) is 18.9. The second-order valence-corrected chi connectivity index (χ2v) is 4.55. The van der Waals surface area contributed by atoms with E-state index in [1.807, 2.05) is 0 Å². The molecule has 0 aliphatic carbocycles. The first-order chi connectivity index (χ1) is 9.65. The summed E-state index contributed by atoms with van der Waals surface area (Å²) in [4.78, 5) is 26.5. The fraction of sp³-hybridized carbons (Fsp3) is 0.357. The quantitative estimate of drug-likeness (QED) is 0.814. The van der Waals surface area contributed by atoms with Crippen LogP contribution in [0.5, 0.6) is 0 Å². The molecule has 2 N–H and O–H groups in total. The predicted molar refractivity (Wildman–Crippen MR) is 73.1 cm³/mol. The molecule has 0 spiro atoms. The fourth-order valence-electron chi connectivity index (χ4n) is 1.96. The highest BCUT2D eigenvalue weighted by Gasteiger charge is 2.21. The number of carbonyl (C=O) groups is 2. The van der Waals surface area contributed by atoms with Crippen LogP contribution in [0.3, 0.4) is 0 Å². The lowest BCUT2D eigenvalue weighted by molar-refractivity contribution is -0.131. The van der Waals surface area contributed by atoms with Crippen LogP contribution in [-0.4, -0.2) is 35.2 Å². The summed E-state index contributed by atoms with van der Waals surface area (Å²) in [5, 5.41) is 11.3. The molecule has 1 aromatic rings. The molecule has 1 amide bonds. The van der Waals surface area contributed by atoms with Gasteiger partial charge < -0.3 is 15.2 Å². The maximum absolute atomic E-state index is 12.0. The predicted octanol–water partition coefficient (Wildman–Crippen LogP) is 1.54. The summed E-state index contributed by atoms with van der Waals surface area (Å²) >= 11 is 0. The molecule has 1 aliphatic rings. The first-order valence-corrected chi connectivity index (χ1v) is 6.41. The van der Waals surface area contributed by atoms with Crippen molar-refractivity contribution in [3.63, 3.8) is 0 Å². The molecule has 1 aromatic heterocycles. The molecule has 2 heterocycles. The molecule has 20 heavy (non-hydrogen) atoms. The molecule has 0 radical (unpaired) electrons. The van der Waals surface area contributed by atoms with Crippen molar-refractivity contribution in [2.45, 2.75) is 12.8 Å². The number of nitrogens with one attached hydrogen (secondary N) is 1. The third-order valence-corrected chi connectivity index (χ3v) is 2.98. The third-order valence-electron chi connectivity index (χ3n) is 2.98. The van der Waals surface area contributed by atoms with Crippen molar-refractivity contribution in [3.8, 4) is 0 Å². The average Bonchev–Trinajstić information content (AvgIpc) is 2.46. The average molecular weight is 276 g/mol. The Balaban J connectivity index is 2.00. The first kappa shape index (κ1) is 14.2. The Hall–Kier alpha value is -2.21. The number of pyridine rings is 1. The summed E-state index contributed by atoms with van der Waals surface area (Å²) in [6, 6.07) is 3.29. The molecule has 1 saturated heterocycles. The van der Waals surface area contributed by atoms with E-state index in [0.29, 0.717) is 24.6 Å². The van der Waals surface area contributed by atoms with E-state index in [2.05, 4.69) is 10.3 Å². The van der Waals surface area contributed by atoms with Gasteiger partial charge in [-0.3, -0.25) is 4.79 Å². The van der Waals surface area contributed by atoms with Gasteiger partial charge in [0.1, 0.15) is 5.82 Å². The van der Waals surface area contributed by atoms with Crippen LogP contribution in [0.1, 0.15) is 18.4 Å². The summed E-state index contributed by atoms with van der Waals surface area (Å²) < 4.78 is 5.27. The van der Waals surface area contributed by atoms with Gasteiger partial charge in [-0.25, -0.2) is 9.78 Å². The summed E-state index contributed by atoms with van der Waals surface area (Å²) in [5.74, 6) is -0.875. The molecule has 1 aliphatic heterocycles. The van der Waals surface area contributed by atoms with Gasteiger partial charge >= 0.3 is 5.97 Å². The van der Waals surface area contributed by atoms with Crippen LogP contribution in [0, 0.1) is 5.92 Å². The number of hydrogen-bond acceptors (Lipinski definition) is 4. The molecule has 1 atom stereocenters. The van der Waals surface area contributed by atoms with E-state index in [4.69, 9.17) is 9.84 Å². The topological polar surface area (TPSA) is 88.5 Å². The Bertz CT molecular complexity index is 522. The van der Waals surface area contributed by atoms with Crippen LogP contribution in [0.4, 0.5) is 5.82 Å². The summed E-state index contributed by atoms with van der Waals surface area (Å²) in [6.45, 7) is 1.14. The summed E-state index contributed by atoms with van der Waals surface area (Å²) in [5.41, 5.74) is 0.664. The Morgan fingerprint density at radius 1 is 1.50 bits per heavy atom. The van der Waals surface area contributed by atoms with Crippen molar-refractivity contribution in [1.82, 2.24) is 4.98 Å². The monoisotopic (exact) mass is 276 g/mol. The lowest BCUT2D eigenvalue weighted by atomic mass is 10.0. The Morgan fingerprint density at radius 3 is 3.05 bits per heavy atom. The van der Waals surface area contributed by atoms with Crippen LogP contribution >= 0.6 is 0 Å². The van der Waals surface area contributed by atoms with E-state index in [0.717, 1.165) is 18.9 Å². The molecule has 1 fully saturated rings. The van der Waals surface area contributed by atoms with Gasteiger partial charge in [-0.1, -0.05) is 0 Å². The SMILES string of the molecule is O=C(O)/C=C/c1ccnc(NC(=O)C2CCCOC2)c1. The van der Waals surface area contributed by atoms with Crippen molar-refractivity contribution in [1.29, 1.82) is 0 Å². The lowest BCUT2D eigenvalue weighted by Crippen LogP contribution is -2.30. The van der Waals surface area contributed by atoms with Crippen molar-refractivity contribution in [3.05, 3.63) is 30.0 Å². The number of ether oxygens (including phenoxy) is 1. The van der Waals surface area contributed by atoms with Gasteiger partial charge in [-0.05, 0) is 36.6 Å². The minimum atomic E-state index is -1.02. The van der Waals surface area contributed by atoms with Crippen LogP contribution in [0.15, 0.2) is 24.4 Å². The first-order valence-electron chi connectivity index (χ1n) is 6.41. The molecule has 6 nitrogen and oxygen atoms in total. The smallest absolute Gasteiger partial charge is 0.328 e. The van der Waals surface area contributed by atoms with E-state index in [9.17, 15) is 9.59 Å². The van der Waals surface area contributed by atoms with Gasteiger partial charge in [-0.2, -0.15) is 0 Å². The Morgan fingerprint density at radius 2 is 2.35 bits per heavy atom. The number of anilines is 1. The number of hydrogen-bond donors (Lipinski definition) is 2. The fourth-order valence-corrected chi connectivity index (χ4v) is 1.96. The molecule has 2 rings (SSSR count). The number of nitrogens with zero attached hydrogens (tertiary/aromatic N) is 1. The highest BCUT2D eigenvalue weighted by Crippen LogP contribution is 2.16. The number of rotatable bonds is 4. The highest BCUT2D eigenvalue weighted by molar-refractivity contribution is 5.92. The third kappa shape index (κ3) is 4.17. The van der Waals surface area contributed by atoms with Crippen molar-refractivity contribution in [2.24, 2.45) is 5.92 Å². The highest BCUT2D eigenvalue weighted by atomic mass is 16.5. The van der Waals surface area contributed by atoms with E-state index < -0.39 is 5.97 Å². The minimum Gasteiger partial charge on any atom is -0.478 e. The summed E-state index contributed by atoms with van der Waals surface area (Å²) in [6.07, 6.45) is 5.70. The molecule has 1 unspecified atom stereocenters. The van der Waals surface area contributed by atoms with Crippen LogP contribution < -0.4 is 5.32 Å². The zero-order valence-electron chi connectivity index (χ0n) is 10.9. The van der Waals surface area contributed by atoms with Gasteiger partial charge in [-0.15, -0.1) is 0 Å². The molecule has 6 heteroatoms. The lowest BCUT2D eigenvalue weighted by Gasteiger charge is -2.20. The van der Waals surface area contributed by atoms with Crippen LogP contribution in [-0.2, 0) is 14.3 Å². The van der Waals surface area contributed by atoms with Gasteiger partial charge in [0.15, 0.2) is 0 Å². The van der Waals surface area contributed by atoms with Crippen LogP contribution in [0.2, 0.25) is 0 Å². The van der Waals surface area contributed by atoms with Crippen molar-refractivity contribution < 1.29 is 19.4 Å². The Labute approximate surface area is 116 Å². The number of carboxylic acid groups (broad SMARTS) is 1. The zero-order valence-corrected chi connectivity index (χ0v) is 10.9. The number of amides is 1. The van der Waals surface area contributed by atoms with Gasteiger partial charge in [0, 0.05) is 18.9 Å². The molecular formula is C14H16N2O4. The maximum Gasteiger partial charge on any atom is 0.328 e. The maximum atomic E-state index is 12.0. The van der Waals surface area contributed by atoms with Gasteiger partial charge in [0.25, 0.3) is 0 Å². The van der Waals surface area contributed by atoms with Crippen LogP contribution in [0.25, 0.3) is 6.08 Å². The number of carboxylic acids is 1. The number of aromatic nitrogens is 1. The van der Waals surface area contributed by atoms with E-state index in [-0.39, 0.29) is 11.8 Å². The molecule has 0 aromatic carbocycles.